The van der Waals surface area contributed by atoms with Crippen molar-refractivity contribution in [3.05, 3.63) is 47.8 Å². The molecule has 0 unspecified atom stereocenters. The Labute approximate surface area is 256 Å². The molecule has 1 aromatic heterocycles. The first kappa shape index (κ1) is 35.5. The van der Waals surface area contributed by atoms with E-state index in [2.05, 4.69) is 48.1 Å². The highest BCUT2D eigenvalue weighted by Crippen LogP contribution is 2.19. The standard InChI is InChI=1S/C39H66N2/c1-3-5-7-9-11-13-15-16-17-19-21-23-25-27-29-37-34-40-39(41-35-37)38-32-30-36(31-33-38)28-26-24-22-20-18-14-12-10-8-6-4-2/h30-35H,3-29H2,1-2H3. The number of hydrogen-bond acceptors (Lipinski definition) is 2. The van der Waals surface area contributed by atoms with E-state index in [4.69, 9.17) is 0 Å². The number of unbranched alkanes of at least 4 members (excludes halogenated alkanes) is 23. The van der Waals surface area contributed by atoms with Gasteiger partial charge >= 0.3 is 0 Å². The van der Waals surface area contributed by atoms with Crippen molar-refractivity contribution in [3.63, 3.8) is 0 Å². The maximum atomic E-state index is 4.68. The Kier molecular flexibility index (Phi) is 22.5. The van der Waals surface area contributed by atoms with Crippen molar-refractivity contribution < 1.29 is 0 Å². The van der Waals surface area contributed by atoms with Crippen molar-refractivity contribution in [2.24, 2.45) is 0 Å². The Morgan fingerprint density at radius 2 is 0.683 bits per heavy atom. The molecule has 0 radical (unpaired) electrons. The predicted octanol–water partition coefficient (Wildman–Crippen LogP) is 13.0. The van der Waals surface area contributed by atoms with Crippen LogP contribution in [-0.2, 0) is 12.8 Å². The lowest BCUT2D eigenvalue weighted by molar-refractivity contribution is 0.535. The van der Waals surface area contributed by atoms with Gasteiger partial charge in [-0.25, -0.2) is 9.97 Å². The molecule has 0 aliphatic carbocycles. The quantitative estimate of drug-likeness (QED) is 0.0964. The van der Waals surface area contributed by atoms with Gasteiger partial charge in [0.15, 0.2) is 5.82 Å². The van der Waals surface area contributed by atoms with E-state index in [-0.39, 0.29) is 0 Å². The van der Waals surface area contributed by atoms with Crippen molar-refractivity contribution in [3.8, 4) is 11.4 Å². The summed E-state index contributed by atoms with van der Waals surface area (Å²) >= 11 is 0. The molecule has 0 atom stereocenters. The van der Waals surface area contributed by atoms with Gasteiger partial charge in [0.25, 0.3) is 0 Å². The van der Waals surface area contributed by atoms with Crippen LogP contribution in [0.25, 0.3) is 11.4 Å². The molecule has 2 heteroatoms. The third kappa shape index (κ3) is 19.2. The van der Waals surface area contributed by atoms with Gasteiger partial charge in [0.05, 0.1) is 0 Å². The van der Waals surface area contributed by atoms with E-state index in [1.807, 2.05) is 12.4 Å². The molecule has 0 aliphatic heterocycles. The molecule has 0 saturated heterocycles. The van der Waals surface area contributed by atoms with Gasteiger partial charge < -0.3 is 0 Å². The smallest absolute Gasteiger partial charge is 0.159 e. The minimum atomic E-state index is 0.857. The maximum absolute atomic E-state index is 4.68. The molecule has 1 aromatic carbocycles. The third-order valence-electron chi connectivity index (χ3n) is 8.81. The van der Waals surface area contributed by atoms with Crippen molar-refractivity contribution in [2.45, 2.75) is 187 Å². The predicted molar refractivity (Wildman–Crippen MR) is 182 cm³/mol. The molecule has 0 N–H and O–H groups in total. The molecule has 0 saturated carbocycles. The van der Waals surface area contributed by atoms with Gasteiger partial charge in [-0.1, -0.05) is 186 Å². The van der Waals surface area contributed by atoms with Gasteiger partial charge in [-0.2, -0.15) is 0 Å². The lowest BCUT2D eigenvalue weighted by Gasteiger charge is -2.06. The van der Waals surface area contributed by atoms with Gasteiger partial charge in [0, 0.05) is 18.0 Å². The number of hydrogen-bond donors (Lipinski definition) is 0. The van der Waals surface area contributed by atoms with E-state index in [1.54, 1.807) is 0 Å². The number of benzene rings is 1. The van der Waals surface area contributed by atoms with Crippen LogP contribution in [0.2, 0.25) is 0 Å². The summed E-state index contributed by atoms with van der Waals surface area (Å²) in [4.78, 5) is 9.37. The zero-order valence-corrected chi connectivity index (χ0v) is 27.5. The Bertz CT molecular complexity index is 810. The van der Waals surface area contributed by atoms with Crippen LogP contribution in [0.5, 0.6) is 0 Å². The number of aryl methyl sites for hydroxylation is 2. The zero-order chi connectivity index (χ0) is 29.1. The van der Waals surface area contributed by atoms with Gasteiger partial charge in [-0.3, -0.25) is 0 Å². The van der Waals surface area contributed by atoms with Crippen LogP contribution in [0.15, 0.2) is 36.7 Å². The summed E-state index contributed by atoms with van der Waals surface area (Å²) in [6.45, 7) is 4.59. The summed E-state index contributed by atoms with van der Waals surface area (Å²) < 4.78 is 0. The zero-order valence-electron chi connectivity index (χ0n) is 27.5. The minimum Gasteiger partial charge on any atom is -0.236 e. The Hall–Kier alpha value is -1.70. The summed E-state index contributed by atoms with van der Waals surface area (Å²) in [6, 6.07) is 8.96. The first-order valence-corrected chi connectivity index (χ1v) is 18.2. The van der Waals surface area contributed by atoms with E-state index in [0.29, 0.717) is 0 Å². The Morgan fingerprint density at radius 1 is 0.366 bits per heavy atom. The van der Waals surface area contributed by atoms with Crippen LogP contribution >= 0.6 is 0 Å². The summed E-state index contributed by atoms with van der Waals surface area (Å²) in [5.41, 5.74) is 3.86. The second-order valence-electron chi connectivity index (χ2n) is 12.7. The molecule has 0 aliphatic rings. The molecule has 0 amide bonds. The highest BCUT2D eigenvalue weighted by Gasteiger charge is 2.03. The highest BCUT2D eigenvalue weighted by molar-refractivity contribution is 5.55. The normalized spacial score (nSPS) is 11.4. The van der Waals surface area contributed by atoms with Crippen LogP contribution in [0.4, 0.5) is 0 Å². The SMILES string of the molecule is CCCCCCCCCCCCCCCCc1cnc(-c2ccc(CCCCCCCCCCCCC)cc2)nc1. The monoisotopic (exact) mass is 563 g/mol. The molecular formula is C39H66N2. The molecule has 232 valence electrons. The molecule has 41 heavy (non-hydrogen) atoms. The van der Waals surface area contributed by atoms with Crippen LogP contribution in [0.1, 0.15) is 185 Å². The van der Waals surface area contributed by atoms with E-state index in [9.17, 15) is 0 Å². The largest absolute Gasteiger partial charge is 0.236 e. The van der Waals surface area contributed by atoms with Crippen molar-refractivity contribution >= 4 is 0 Å². The number of nitrogens with zero attached hydrogens (tertiary/aromatic N) is 2. The lowest BCUT2D eigenvalue weighted by Crippen LogP contribution is -1.94. The second-order valence-corrected chi connectivity index (χ2v) is 12.7. The fourth-order valence-corrected chi connectivity index (χ4v) is 5.97. The summed E-state index contributed by atoms with van der Waals surface area (Å²) in [7, 11) is 0. The Morgan fingerprint density at radius 3 is 1.05 bits per heavy atom. The highest BCUT2D eigenvalue weighted by atomic mass is 14.9. The van der Waals surface area contributed by atoms with Gasteiger partial charge in [-0.05, 0) is 36.8 Å². The number of aromatic nitrogens is 2. The van der Waals surface area contributed by atoms with Crippen molar-refractivity contribution in [1.82, 2.24) is 9.97 Å². The average Bonchev–Trinajstić information content (AvgIpc) is 3.00. The van der Waals surface area contributed by atoms with Gasteiger partial charge in [0.2, 0.25) is 0 Å². The van der Waals surface area contributed by atoms with Crippen LogP contribution in [0.3, 0.4) is 0 Å². The average molecular weight is 563 g/mol. The van der Waals surface area contributed by atoms with E-state index in [1.165, 1.54) is 178 Å². The molecule has 2 rings (SSSR count). The summed E-state index contributed by atoms with van der Waals surface area (Å²) in [5.74, 6) is 0.857. The van der Waals surface area contributed by atoms with Gasteiger partial charge in [0.1, 0.15) is 0 Å². The van der Waals surface area contributed by atoms with E-state index >= 15 is 0 Å². The third-order valence-corrected chi connectivity index (χ3v) is 8.81. The van der Waals surface area contributed by atoms with Crippen LogP contribution < -0.4 is 0 Å². The molecule has 0 bridgehead atoms. The maximum Gasteiger partial charge on any atom is 0.159 e. The van der Waals surface area contributed by atoms with Crippen molar-refractivity contribution in [2.75, 3.05) is 0 Å². The fraction of sp³-hybridized carbons (Fsp3) is 0.744. The molecule has 1 heterocycles. The topological polar surface area (TPSA) is 25.8 Å². The first-order valence-electron chi connectivity index (χ1n) is 18.2. The molecule has 2 aromatic rings. The second kappa shape index (κ2) is 26.0. The summed E-state index contributed by atoms with van der Waals surface area (Å²) in [6.07, 6.45) is 41.5. The van der Waals surface area contributed by atoms with E-state index < -0.39 is 0 Å². The van der Waals surface area contributed by atoms with Crippen molar-refractivity contribution in [1.29, 1.82) is 0 Å². The molecule has 2 nitrogen and oxygen atoms in total. The van der Waals surface area contributed by atoms with Crippen LogP contribution in [-0.4, -0.2) is 9.97 Å². The Balaban J connectivity index is 1.46. The molecule has 0 spiro atoms. The first-order chi connectivity index (χ1) is 20.3. The summed E-state index contributed by atoms with van der Waals surface area (Å²) in [5, 5.41) is 0. The van der Waals surface area contributed by atoms with E-state index in [0.717, 1.165) is 17.8 Å². The minimum absolute atomic E-state index is 0.857. The molecular weight excluding hydrogens is 496 g/mol. The fourth-order valence-electron chi connectivity index (χ4n) is 5.97. The van der Waals surface area contributed by atoms with Crippen LogP contribution in [0, 0.1) is 0 Å². The number of rotatable bonds is 28. The lowest BCUT2D eigenvalue weighted by atomic mass is 10.0. The molecule has 0 fully saturated rings. The van der Waals surface area contributed by atoms with Gasteiger partial charge in [-0.15, -0.1) is 0 Å².